The lowest BCUT2D eigenvalue weighted by Crippen LogP contribution is -2.13. The maximum absolute atomic E-state index is 14.7. The molecule has 1 N–H and O–H groups in total. The fourth-order valence-corrected chi connectivity index (χ4v) is 3.67. The molecular weight excluding hydrogens is 437 g/mol. The van der Waals surface area contributed by atoms with E-state index >= 15 is 0 Å². The Morgan fingerprint density at radius 1 is 1.03 bits per heavy atom. The van der Waals surface area contributed by atoms with E-state index in [0.717, 1.165) is 11.4 Å². The third-order valence-electron chi connectivity index (χ3n) is 5.32. The van der Waals surface area contributed by atoms with Crippen LogP contribution in [0.3, 0.4) is 0 Å². The topological polar surface area (TPSA) is 91.0 Å². The zero-order chi connectivity index (χ0) is 24.4. The number of anilines is 1. The number of hydrogen-bond donors (Lipinski definition) is 1. The van der Waals surface area contributed by atoms with Crippen LogP contribution in [0.4, 0.5) is 10.1 Å². The number of aryl methyl sites for hydroxylation is 2. The number of aromatic nitrogens is 4. The summed E-state index contributed by atoms with van der Waals surface area (Å²) in [5, 5.41) is 11.3. The van der Waals surface area contributed by atoms with Crippen molar-refractivity contribution in [3.05, 3.63) is 88.8 Å². The number of amides is 1. The van der Waals surface area contributed by atoms with E-state index in [1.807, 2.05) is 19.9 Å². The second kappa shape index (κ2) is 9.30. The molecule has 4 aromatic rings. The molecule has 4 rings (SSSR count). The molecule has 9 heteroatoms. The second-order valence-corrected chi connectivity index (χ2v) is 7.78. The van der Waals surface area contributed by atoms with E-state index in [9.17, 15) is 14.0 Å². The number of benzene rings is 2. The average Bonchev–Trinajstić information content (AvgIpc) is 3.35. The molecule has 0 aliphatic heterocycles. The number of rotatable bonds is 6. The van der Waals surface area contributed by atoms with E-state index in [-0.39, 0.29) is 12.5 Å². The van der Waals surface area contributed by atoms with Crippen LogP contribution in [-0.2, 0) is 4.74 Å². The summed E-state index contributed by atoms with van der Waals surface area (Å²) in [4.78, 5) is 24.7. The van der Waals surface area contributed by atoms with Gasteiger partial charge >= 0.3 is 5.97 Å². The number of carbonyl (C=O) groups excluding carboxylic acids is 2. The van der Waals surface area contributed by atoms with E-state index in [0.29, 0.717) is 33.9 Å². The number of esters is 1. The average molecular weight is 461 g/mol. The molecule has 0 bridgehead atoms. The fraction of sp³-hybridized carbons (Fsp3) is 0.200. The monoisotopic (exact) mass is 461 g/mol. The Balaban J connectivity index is 1.49. The highest BCUT2D eigenvalue weighted by atomic mass is 19.1. The van der Waals surface area contributed by atoms with Crippen molar-refractivity contribution in [2.75, 3.05) is 11.9 Å². The first-order chi connectivity index (χ1) is 16.3. The SMILES string of the molecule is CCOC(=O)c1cnn(-c2ccc(C(=O)Nc3ccc(-n4nc(C)cc4C)c(F)c3)cc2)c1C. The first-order valence-electron chi connectivity index (χ1n) is 10.7. The zero-order valence-corrected chi connectivity index (χ0v) is 19.3. The van der Waals surface area contributed by atoms with Crippen LogP contribution in [-0.4, -0.2) is 38.0 Å². The summed E-state index contributed by atoms with van der Waals surface area (Å²) in [5.74, 6) is -1.31. The van der Waals surface area contributed by atoms with Gasteiger partial charge in [0.15, 0.2) is 5.82 Å². The summed E-state index contributed by atoms with van der Waals surface area (Å²) in [6.07, 6.45) is 1.46. The number of carbonyl (C=O) groups is 2. The first-order valence-corrected chi connectivity index (χ1v) is 10.7. The van der Waals surface area contributed by atoms with Crippen molar-refractivity contribution < 1.29 is 18.7 Å². The molecule has 0 aliphatic carbocycles. The minimum Gasteiger partial charge on any atom is -0.462 e. The summed E-state index contributed by atoms with van der Waals surface area (Å²) >= 11 is 0. The van der Waals surface area contributed by atoms with Crippen LogP contribution in [0.5, 0.6) is 0 Å². The highest BCUT2D eigenvalue weighted by molar-refractivity contribution is 6.04. The molecule has 34 heavy (non-hydrogen) atoms. The number of nitrogens with one attached hydrogen (secondary N) is 1. The Bertz CT molecular complexity index is 1370. The van der Waals surface area contributed by atoms with Crippen LogP contribution in [0.15, 0.2) is 54.7 Å². The molecule has 2 aromatic heterocycles. The van der Waals surface area contributed by atoms with Gasteiger partial charge in [0.1, 0.15) is 11.3 Å². The number of ether oxygens (including phenoxy) is 1. The standard InChI is InChI=1S/C25H24FN5O3/c1-5-34-25(33)21-14-27-31(17(21)4)20-9-6-18(7-10-20)24(32)28-19-8-11-23(22(26)13-19)30-16(3)12-15(2)29-30/h6-14H,5H2,1-4H3,(H,28,32). The smallest absolute Gasteiger partial charge is 0.341 e. The minimum absolute atomic E-state index is 0.280. The Hall–Kier alpha value is -4.27. The summed E-state index contributed by atoms with van der Waals surface area (Å²) in [7, 11) is 0. The molecule has 174 valence electrons. The molecule has 0 saturated carbocycles. The maximum Gasteiger partial charge on any atom is 0.341 e. The third kappa shape index (κ3) is 4.45. The molecule has 0 aliphatic rings. The van der Waals surface area contributed by atoms with Crippen molar-refractivity contribution in [3.63, 3.8) is 0 Å². The second-order valence-electron chi connectivity index (χ2n) is 7.78. The highest BCUT2D eigenvalue weighted by Gasteiger charge is 2.17. The zero-order valence-electron chi connectivity index (χ0n) is 19.3. The van der Waals surface area contributed by atoms with E-state index in [1.165, 1.54) is 16.9 Å². The minimum atomic E-state index is -0.495. The largest absolute Gasteiger partial charge is 0.462 e. The van der Waals surface area contributed by atoms with Crippen molar-refractivity contribution >= 4 is 17.6 Å². The molecule has 2 heterocycles. The van der Waals surface area contributed by atoms with Gasteiger partial charge in [-0.15, -0.1) is 0 Å². The summed E-state index contributed by atoms with van der Waals surface area (Å²) in [6, 6.07) is 13.0. The summed E-state index contributed by atoms with van der Waals surface area (Å²) in [6.45, 7) is 7.48. The predicted molar refractivity (Wildman–Crippen MR) is 125 cm³/mol. The van der Waals surface area contributed by atoms with Gasteiger partial charge in [-0.3, -0.25) is 4.79 Å². The fourth-order valence-electron chi connectivity index (χ4n) is 3.67. The Kier molecular flexibility index (Phi) is 6.27. The van der Waals surface area contributed by atoms with Gasteiger partial charge in [-0.05, 0) is 76.2 Å². The maximum atomic E-state index is 14.7. The Morgan fingerprint density at radius 2 is 1.76 bits per heavy atom. The van der Waals surface area contributed by atoms with E-state index in [2.05, 4.69) is 15.5 Å². The van der Waals surface area contributed by atoms with Crippen LogP contribution < -0.4 is 5.32 Å². The molecule has 0 saturated heterocycles. The van der Waals surface area contributed by atoms with E-state index in [4.69, 9.17) is 4.74 Å². The van der Waals surface area contributed by atoms with Crippen LogP contribution >= 0.6 is 0 Å². The van der Waals surface area contributed by atoms with Gasteiger partial charge in [0.05, 0.1) is 29.9 Å². The van der Waals surface area contributed by atoms with Gasteiger partial charge in [0, 0.05) is 16.9 Å². The number of halogens is 1. The van der Waals surface area contributed by atoms with Crippen LogP contribution in [0, 0.1) is 26.6 Å². The molecule has 0 radical (unpaired) electrons. The van der Waals surface area contributed by atoms with Gasteiger partial charge < -0.3 is 10.1 Å². The molecule has 1 amide bonds. The molecule has 2 aromatic carbocycles. The molecule has 0 atom stereocenters. The molecule has 0 spiro atoms. The molecule has 0 fully saturated rings. The summed E-state index contributed by atoms with van der Waals surface area (Å²) < 4.78 is 22.9. The predicted octanol–water partition coefficient (Wildman–Crippen LogP) is 4.55. The van der Waals surface area contributed by atoms with Gasteiger partial charge in [-0.25, -0.2) is 18.5 Å². The normalized spacial score (nSPS) is 10.9. The van der Waals surface area contributed by atoms with Crippen LogP contribution in [0.1, 0.15) is 44.7 Å². The quantitative estimate of drug-likeness (QED) is 0.426. The number of nitrogens with zero attached hydrogens (tertiary/aromatic N) is 4. The van der Waals surface area contributed by atoms with Gasteiger partial charge in [0.25, 0.3) is 5.91 Å². The summed E-state index contributed by atoms with van der Waals surface area (Å²) in [5.41, 5.74) is 4.34. The lowest BCUT2D eigenvalue weighted by molar-refractivity contribution is 0.0525. The Morgan fingerprint density at radius 3 is 2.38 bits per heavy atom. The van der Waals surface area contributed by atoms with Crippen molar-refractivity contribution in [2.45, 2.75) is 27.7 Å². The number of hydrogen-bond acceptors (Lipinski definition) is 5. The van der Waals surface area contributed by atoms with Crippen molar-refractivity contribution in [2.24, 2.45) is 0 Å². The van der Waals surface area contributed by atoms with Crippen LogP contribution in [0.25, 0.3) is 11.4 Å². The lowest BCUT2D eigenvalue weighted by Gasteiger charge is -2.10. The van der Waals surface area contributed by atoms with Crippen molar-refractivity contribution in [1.29, 1.82) is 0 Å². The van der Waals surface area contributed by atoms with Gasteiger partial charge in [-0.2, -0.15) is 10.2 Å². The Labute approximate surface area is 196 Å². The lowest BCUT2D eigenvalue weighted by atomic mass is 10.1. The highest BCUT2D eigenvalue weighted by Crippen LogP contribution is 2.21. The van der Waals surface area contributed by atoms with Crippen molar-refractivity contribution in [1.82, 2.24) is 19.6 Å². The molecule has 0 unspecified atom stereocenters. The van der Waals surface area contributed by atoms with Gasteiger partial charge in [-0.1, -0.05) is 0 Å². The molecular formula is C25H24FN5O3. The van der Waals surface area contributed by atoms with E-state index in [1.54, 1.807) is 54.9 Å². The first kappa shape index (κ1) is 22.9. The molecule has 8 nitrogen and oxygen atoms in total. The van der Waals surface area contributed by atoms with Crippen LogP contribution in [0.2, 0.25) is 0 Å². The third-order valence-corrected chi connectivity index (χ3v) is 5.32. The van der Waals surface area contributed by atoms with Gasteiger partial charge in [0.2, 0.25) is 0 Å². The van der Waals surface area contributed by atoms with Crippen molar-refractivity contribution in [3.8, 4) is 11.4 Å². The van der Waals surface area contributed by atoms with E-state index < -0.39 is 11.8 Å².